The van der Waals surface area contributed by atoms with Crippen molar-refractivity contribution in [2.45, 2.75) is 133 Å². The second-order valence-electron chi connectivity index (χ2n) is 15.2. The van der Waals surface area contributed by atoms with Crippen molar-refractivity contribution in [2.75, 3.05) is 6.61 Å². The molecular weight excluding hydrogens is 588 g/mol. The number of aliphatic hydroxyl groups is 6. The normalized spacial score (nSPS) is 45.2. The molecule has 46 heavy (non-hydrogen) atoms. The van der Waals surface area contributed by atoms with E-state index in [1.54, 1.807) is 44.2 Å². The Morgan fingerprint density at radius 1 is 1.04 bits per heavy atom. The van der Waals surface area contributed by atoms with Gasteiger partial charge in [-0.25, -0.2) is 4.79 Å². The topological polar surface area (TPSA) is 160 Å². The van der Waals surface area contributed by atoms with Crippen LogP contribution in [-0.2, 0) is 9.47 Å². The third-order valence-electron chi connectivity index (χ3n) is 12.6. The predicted molar refractivity (Wildman–Crippen MR) is 173 cm³/mol. The fraction of sp³-hybridized carbons (Fsp3) is 0.757. The molecule has 9 heteroatoms. The zero-order chi connectivity index (χ0) is 33.8. The maximum Gasteiger partial charge on any atom is 0.338 e. The molecule has 3 aliphatic carbocycles. The summed E-state index contributed by atoms with van der Waals surface area (Å²) in [6.07, 6.45) is 1.71. The summed E-state index contributed by atoms with van der Waals surface area (Å²) >= 11 is 0. The Kier molecular flexibility index (Phi) is 9.93. The monoisotopic (exact) mass is 644 g/mol. The average molecular weight is 645 g/mol. The van der Waals surface area contributed by atoms with Crippen molar-refractivity contribution in [3.8, 4) is 0 Å². The molecule has 0 spiro atoms. The van der Waals surface area contributed by atoms with Crippen LogP contribution in [0.15, 0.2) is 42.5 Å². The first-order valence-electron chi connectivity index (χ1n) is 17.4. The number of esters is 1. The predicted octanol–water partition coefficient (Wildman–Crippen LogP) is 3.77. The van der Waals surface area contributed by atoms with Crippen molar-refractivity contribution in [3.05, 3.63) is 48.0 Å². The van der Waals surface area contributed by atoms with Gasteiger partial charge in [0.15, 0.2) is 0 Å². The highest BCUT2D eigenvalue weighted by molar-refractivity contribution is 5.89. The quantitative estimate of drug-likeness (QED) is 0.0862. The first-order valence-corrected chi connectivity index (χ1v) is 17.4. The first kappa shape index (κ1) is 35.5. The minimum absolute atomic E-state index is 0.0423. The highest BCUT2D eigenvalue weighted by Gasteiger charge is 2.85. The Labute approximate surface area is 273 Å². The molecule has 0 bridgehead atoms. The Morgan fingerprint density at radius 3 is 2.28 bits per heavy atom. The summed E-state index contributed by atoms with van der Waals surface area (Å²) in [5.41, 5.74) is -7.03. The van der Waals surface area contributed by atoms with Gasteiger partial charge < -0.3 is 40.1 Å². The van der Waals surface area contributed by atoms with Gasteiger partial charge in [-0.2, -0.15) is 0 Å². The van der Waals surface area contributed by atoms with Crippen LogP contribution in [0.25, 0.3) is 0 Å². The van der Waals surface area contributed by atoms with Gasteiger partial charge in [0, 0.05) is 11.8 Å². The van der Waals surface area contributed by atoms with E-state index in [9.17, 15) is 35.4 Å². The number of benzene rings is 1. The number of epoxide rings is 1. The van der Waals surface area contributed by atoms with E-state index in [0.29, 0.717) is 5.57 Å². The van der Waals surface area contributed by atoms with Gasteiger partial charge in [-0.05, 0) is 54.7 Å². The van der Waals surface area contributed by atoms with E-state index >= 15 is 0 Å². The maximum atomic E-state index is 13.6. The number of hydrogen-bond donors (Lipinski definition) is 6. The van der Waals surface area contributed by atoms with Crippen LogP contribution in [0.4, 0.5) is 0 Å². The van der Waals surface area contributed by atoms with Crippen LogP contribution in [0, 0.1) is 35.5 Å². The zero-order valence-electron chi connectivity index (χ0n) is 28.1. The average Bonchev–Trinajstić information content (AvgIpc) is 3.72. The minimum atomic E-state index is -2.25. The number of aliphatic hydroxyl groups excluding tert-OH is 3. The lowest BCUT2D eigenvalue weighted by Gasteiger charge is -2.58. The van der Waals surface area contributed by atoms with Gasteiger partial charge in [0.25, 0.3) is 0 Å². The van der Waals surface area contributed by atoms with E-state index in [2.05, 4.69) is 20.4 Å². The van der Waals surface area contributed by atoms with Crippen molar-refractivity contribution in [3.63, 3.8) is 0 Å². The van der Waals surface area contributed by atoms with Crippen molar-refractivity contribution >= 4 is 5.97 Å². The molecule has 4 aliphatic rings. The summed E-state index contributed by atoms with van der Waals surface area (Å²) in [4.78, 5) is 13.6. The van der Waals surface area contributed by atoms with Gasteiger partial charge >= 0.3 is 5.97 Å². The number of fused-ring (bicyclic) bond motifs is 5. The summed E-state index contributed by atoms with van der Waals surface area (Å²) in [7, 11) is 0. The third-order valence-corrected chi connectivity index (χ3v) is 12.6. The van der Waals surface area contributed by atoms with Gasteiger partial charge in [-0.1, -0.05) is 97.4 Å². The van der Waals surface area contributed by atoms with Gasteiger partial charge in [0.1, 0.15) is 35.1 Å². The molecule has 14 atom stereocenters. The largest absolute Gasteiger partial charge is 0.455 e. The van der Waals surface area contributed by atoms with Crippen LogP contribution in [0.5, 0.6) is 0 Å². The Hall–Kier alpha value is -1.85. The van der Waals surface area contributed by atoms with Crippen LogP contribution >= 0.6 is 0 Å². The van der Waals surface area contributed by atoms with Gasteiger partial charge in [0.05, 0.1) is 23.9 Å². The number of rotatable bonds is 12. The van der Waals surface area contributed by atoms with Crippen LogP contribution in [0.1, 0.15) is 96.3 Å². The maximum absolute atomic E-state index is 13.6. The third kappa shape index (κ3) is 5.20. The lowest BCUT2D eigenvalue weighted by molar-refractivity contribution is -0.274. The van der Waals surface area contributed by atoms with Crippen LogP contribution in [0.2, 0.25) is 0 Å². The molecule has 258 valence electrons. The molecule has 0 radical (unpaired) electrons. The summed E-state index contributed by atoms with van der Waals surface area (Å²) in [6, 6.07) is 8.43. The highest BCUT2D eigenvalue weighted by Crippen LogP contribution is 2.69. The molecule has 9 nitrogen and oxygen atoms in total. The molecule has 1 aromatic carbocycles. The molecule has 1 aliphatic heterocycles. The van der Waals surface area contributed by atoms with Gasteiger partial charge in [0.2, 0.25) is 0 Å². The van der Waals surface area contributed by atoms with E-state index < -0.39 is 89.0 Å². The van der Waals surface area contributed by atoms with Crippen molar-refractivity contribution in [2.24, 2.45) is 35.5 Å². The Morgan fingerprint density at radius 2 is 1.67 bits per heavy atom. The molecule has 0 amide bonds. The number of carbonyl (C=O) groups excluding carboxylic acids is 1. The van der Waals surface area contributed by atoms with Gasteiger partial charge in [-0.3, -0.25) is 0 Å². The Balaban J connectivity index is 1.62. The Bertz CT molecular complexity index is 1260. The van der Waals surface area contributed by atoms with E-state index in [1.165, 1.54) is 12.8 Å². The summed E-state index contributed by atoms with van der Waals surface area (Å²) in [5.74, 6) is -4.68. The van der Waals surface area contributed by atoms with E-state index in [4.69, 9.17) is 9.47 Å². The van der Waals surface area contributed by atoms with Crippen LogP contribution < -0.4 is 0 Å². The van der Waals surface area contributed by atoms with Crippen molar-refractivity contribution < 1.29 is 44.9 Å². The number of ether oxygens (including phenoxy) is 2. The molecule has 1 heterocycles. The standard InChI is InChI=1S/C37H56O9/c1-7-8-9-10-11-13-16-22(4)26-24(6)30(45-32(40)25-17-14-12-15-18-25)37(44)28(26)36(43)23(5)19-34(42,21(2)3)29(39)27(36)31-35(20-38,46-31)33(37)41/h12,14-15,17-18,22-24,26-31,33,38-39,41-44H,2,7-11,13,16,19-20H2,1,3-6H3/t22-,23+,24-,26?,27?,28?,29?,30?,31?,33?,34?,35-,36?,37?/m0/s1. The smallest absolute Gasteiger partial charge is 0.338 e. The molecule has 0 aromatic heterocycles. The number of carbonyl (C=O) groups is 1. The minimum Gasteiger partial charge on any atom is -0.455 e. The van der Waals surface area contributed by atoms with Crippen molar-refractivity contribution in [1.82, 2.24) is 0 Å². The zero-order valence-corrected chi connectivity index (χ0v) is 28.1. The molecule has 3 saturated carbocycles. The van der Waals surface area contributed by atoms with Gasteiger partial charge in [-0.15, -0.1) is 0 Å². The fourth-order valence-corrected chi connectivity index (χ4v) is 10.0. The second kappa shape index (κ2) is 12.9. The highest BCUT2D eigenvalue weighted by atomic mass is 16.6. The summed E-state index contributed by atoms with van der Waals surface area (Å²) < 4.78 is 12.2. The van der Waals surface area contributed by atoms with Crippen LogP contribution in [0.3, 0.4) is 0 Å². The second-order valence-corrected chi connectivity index (χ2v) is 15.2. The SMILES string of the molecule is C=C(C)C1(O)C[C@@H](C)C2(O)C(C1O)C1O[C@]1(CO)C(O)C1(O)C(OC(=O)c3ccccc3)[C@@H](C)C([C@@H](C)CCCCCCCC)C12. The molecule has 4 fully saturated rings. The lowest BCUT2D eigenvalue weighted by atomic mass is 9.52. The molecule has 10 unspecified atom stereocenters. The van der Waals surface area contributed by atoms with E-state index in [-0.39, 0.29) is 17.9 Å². The number of unbranched alkanes of at least 4 members (excludes halogenated alkanes) is 5. The van der Waals surface area contributed by atoms with Crippen LogP contribution in [-0.4, -0.2) is 90.0 Å². The molecule has 1 aromatic rings. The number of hydrogen-bond acceptors (Lipinski definition) is 9. The first-order chi connectivity index (χ1) is 21.7. The summed E-state index contributed by atoms with van der Waals surface area (Å²) in [5, 5.41) is 72.9. The lowest BCUT2D eigenvalue weighted by Crippen LogP contribution is -2.71. The molecule has 1 saturated heterocycles. The molecular formula is C37H56O9. The molecule has 5 rings (SSSR count). The van der Waals surface area contributed by atoms with E-state index in [1.807, 2.05) is 6.92 Å². The summed E-state index contributed by atoms with van der Waals surface area (Å²) in [6.45, 7) is 12.8. The fourth-order valence-electron chi connectivity index (χ4n) is 10.0. The van der Waals surface area contributed by atoms with E-state index in [0.717, 1.165) is 32.1 Å². The van der Waals surface area contributed by atoms with Crippen molar-refractivity contribution in [1.29, 1.82) is 0 Å². The molecule has 6 N–H and O–H groups in total.